The molecular formula is C12H13N3OS2. The minimum absolute atomic E-state index is 0.397. The van der Waals surface area contributed by atoms with Crippen molar-refractivity contribution in [3.05, 3.63) is 41.2 Å². The molecule has 18 heavy (non-hydrogen) atoms. The quantitative estimate of drug-likeness (QED) is 0.854. The van der Waals surface area contributed by atoms with E-state index in [0.29, 0.717) is 5.56 Å². The molecule has 0 bridgehead atoms. The Morgan fingerprint density at radius 3 is 3.00 bits per heavy atom. The molecule has 0 spiro atoms. The molecule has 0 saturated heterocycles. The Balaban J connectivity index is 2.01. The number of aryl methyl sites for hydroxylation is 1. The average molecular weight is 279 g/mol. The highest BCUT2D eigenvalue weighted by Crippen LogP contribution is 2.24. The number of nitrogens with zero attached hydrogens (tertiary/aromatic N) is 2. The van der Waals surface area contributed by atoms with E-state index in [1.165, 1.54) is 11.5 Å². The second-order valence-electron chi connectivity index (χ2n) is 3.68. The van der Waals surface area contributed by atoms with Crippen LogP contribution >= 0.6 is 23.3 Å². The molecule has 0 radical (unpaired) electrons. The van der Waals surface area contributed by atoms with Crippen LogP contribution in [0.4, 0.5) is 0 Å². The Labute approximate surface area is 114 Å². The van der Waals surface area contributed by atoms with Crippen LogP contribution < -0.4 is 5.73 Å². The molecule has 0 unspecified atom stereocenters. The van der Waals surface area contributed by atoms with Crippen LogP contribution in [0.15, 0.2) is 28.6 Å². The normalized spacial score (nSPS) is 10.5. The number of hydrogen-bond donors (Lipinski definition) is 1. The lowest BCUT2D eigenvalue weighted by Gasteiger charge is -2.01. The van der Waals surface area contributed by atoms with E-state index in [1.807, 2.05) is 25.1 Å². The van der Waals surface area contributed by atoms with Crippen LogP contribution in [0.25, 0.3) is 0 Å². The second kappa shape index (κ2) is 5.97. The van der Waals surface area contributed by atoms with Gasteiger partial charge in [-0.1, -0.05) is 30.8 Å². The molecule has 1 aromatic heterocycles. The summed E-state index contributed by atoms with van der Waals surface area (Å²) in [4.78, 5) is 15.4. The van der Waals surface area contributed by atoms with E-state index in [9.17, 15) is 4.79 Å². The molecule has 0 saturated carbocycles. The zero-order chi connectivity index (χ0) is 13.0. The van der Waals surface area contributed by atoms with Crippen molar-refractivity contribution < 1.29 is 4.79 Å². The van der Waals surface area contributed by atoms with E-state index >= 15 is 0 Å². The number of aromatic nitrogens is 2. The smallest absolute Gasteiger partial charge is 0.248 e. The maximum absolute atomic E-state index is 11.1. The van der Waals surface area contributed by atoms with E-state index in [4.69, 9.17) is 5.73 Å². The highest BCUT2D eigenvalue weighted by molar-refractivity contribution is 8.00. The Bertz CT molecular complexity index is 554. The molecule has 6 heteroatoms. The first-order chi connectivity index (χ1) is 8.69. The van der Waals surface area contributed by atoms with Crippen molar-refractivity contribution in [2.24, 2.45) is 5.73 Å². The summed E-state index contributed by atoms with van der Waals surface area (Å²) in [5.41, 5.74) is 6.85. The van der Waals surface area contributed by atoms with Gasteiger partial charge < -0.3 is 5.73 Å². The monoisotopic (exact) mass is 279 g/mol. The molecule has 4 nitrogen and oxygen atoms in total. The lowest BCUT2D eigenvalue weighted by Crippen LogP contribution is -2.10. The zero-order valence-corrected chi connectivity index (χ0v) is 11.6. The lowest BCUT2D eigenvalue weighted by atomic mass is 10.1. The SMILES string of the molecule is CCc1nsc(SCc2cccc(C(N)=O)c2)n1. The number of thioether (sulfide) groups is 1. The molecule has 0 aliphatic heterocycles. The molecule has 2 rings (SSSR count). The van der Waals surface area contributed by atoms with Gasteiger partial charge in [-0.05, 0) is 29.2 Å². The van der Waals surface area contributed by atoms with E-state index < -0.39 is 5.91 Å². The Hall–Kier alpha value is -1.40. The standard InChI is InChI=1S/C12H13N3OS2/c1-2-10-14-12(18-15-10)17-7-8-4-3-5-9(6-8)11(13)16/h3-6H,2,7H2,1H3,(H2,13,16). The number of hydrogen-bond acceptors (Lipinski definition) is 5. The van der Waals surface area contributed by atoms with Crippen LogP contribution in [0.3, 0.4) is 0 Å². The highest BCUT2D eigenvalue weighted by Gasteiger charge is 2.05. The fraction of sp³-hybridized carbons (Fsp3) is 0.250. The molecule has 1 aromatic carbocycles. The van der Waals surface area contributed by atoms with Crippen molar-refractivity contribution in [3.63, 3.8) is 0 Å². The number of benzene rings is 1. The summed E-state index contributed by atoms with van der Waals surface area (Å²) in [7, 11) is 0. The Morgan fingerprint density at radius 1 is 1.50 bits per heavy atom. The molecule has 1 amide bonds. The first-order valence-electron chi connectivity index (χ1n) is 5.53. The molecule has 1 heterocycles. The molecule has 2 aromatic rings. The maximum atomic E-state index is 11.1. The topological polar surface area (TPSA) is 68.9 Å². The van der Waals surface area contributed by atoms with Crippen molar-refractivity contribution in [2.75, 3.05) is 0 Å². The summed E-state index contributed by atoms with van der Waals surface area (Å²) >= 11 is 3.04. The third-order valence-electron chi connectivity index (χ3n) is 2.34. The summed E-state index contributed by atoms with van der Waals surface area (Å²) in [5.74, 6) is 1.25. The number of carbonyl (C=O) groups is 1. The third-order valence-corrected chi connectivity index (χ3v) is 4.28. The number of carbonyl (C=O) groups excluding carboxylic acids is 1. The summed E-state index contributed by atoms with van der Waals surface area (Å²) in [6.45, 7) is 2.03. The zero-order valence-electron chi connectivity index (χ0n) is 9.92. The number of nitrogens with two attached hydrogens (primary N) is 1. The van der Waals surface area contributed by atoms with Crippen LogP contribution in [-0.4, -0.2) is 15.3 Å². The van der Waals surface area contributed by atoms with Gasteiger partial charge in [-0.15, -0.1) is 0 Å². The van der Waals surface area contributed by atoms with Crippen molar-refractivity contribution in [2.45, 2.75) is 23.4 Å². The third kappa shape index (κ3) is 3.30. The largest absolute Gasteiger partial charge is 0.366 e. The first kappa shape index (κ1) is 13.0. The van der Waals surface area contributed by atoms with Crippen molar-refractivity contribution >= 4 is 29.2 Å². The van der Waals surface area contributed by atoms with E-state index in [1.54, 1.807) is 17.8 Å². The van der Waals surface area contributed by atoms with Gasteiger partial charge in [0.25, 0.3) is 0 Å². The van der Waals surface area contributed by atoms with E-state index in [2.05, 4.69) is 9.36 Å². The Morgan fingerprint density at radius 2 is 2.33 bits per heavy atom. The number of rotatable bonds is 5. The predicted octanol–water partition coefficient (Wildman–Crippen LogP) is 2.49. The van der Waals surface area contributed by atoms with Crippen molar-refractivity contribution in [1.82, 2.24) is 9.36 Å². The van der Waals surface area contributed by atoms with Gasteiger partial charge in [0.05, 0.1) is 0 Å². The van der Waals surface area contributed by atoms with Crippen molar-refractivity contribution in [3.8, 4) is 0 Å². The maximum Gasteiger partial charge on any atom is 0.248 e. The Kier molecular flexibility index (Phi) is 4.33. The average Bonchev–Trinajstić information content (AvgIpc) is 2.84. The summed E-state index contributed by atoms with van der Waals surface area (Å²) < 4.78 is 5.18. The van der Waals surface area contributed by atoms with Gasteiger partial charge in [0, 0.05) is 17.7 Å². The van der Waals surface area contributed by atoms with Gasteiger partial charge in [0.2, 0.25) is 5.91 Å². The van der Waals surface area contributed by atoms with Crippen LogP contribution in [0, 0.1) is 0 Å². The second-order valence-corrected chi connectivity index (χ2v) is 5.66. The highest BCUT2D eigenvalue weighted by atomic mass is 32.2. The fourth-order valence-electron chi connectivity index (χ4n) is 1.40. The van der Waals surface area contributed by atoms with Gasteiger partial charge in [-0.3, -0.25) is 4.79 Å². The van der Waals surface area contributed by atoms with E-state index in [0.717, 1.165) is 27.9 Å². The van der Waals surface area contributed by atoms with Gasteiger partial charge in [-0.25, -0.2) is 4.98 Å². The molecular weight excluding hydrogens is 266 g/mol. The molecule has 2 N–H and O–H groups in total. The molecule has 0 atom stereocenters. The van der Waals surface area contributed by atoms with Crippen LogP contribution in [-0.2, 0) is 12.2 Å². The molecule has 0 aliphatic carbocycles. The first-order valence-corrected chi connectivity index (χ1v) is 7.29. The van der Waals surface area contributed by atoms with Crippen LogP contribution in [0.5, 0.6) is 0 Å². The van der Waals surface area contributed by atoms with E-state index in [-0.39, 0.29) is 0 Å². The summed E-state index contributed by atoms with van der Waals surface area (Å²) in [6, 6.07) is 7.35. The minimum atomic E-state index is -0.397. The lowest BCUT2D eigenvalue weighted by molar-refractivity contribution is 0.1000. The van der Waals surface area contributed by atoms with Gasteiger partial charge >= 0.3 is 0 Å². The van der Waals surface area contributed by atoms with Gasteiger partial charge in [-0.2, -0.15) is 4.37 Å². The molecule has 0 aliphatic rings. The summed E-state index contributed by atoms with van der Waals surface area (Å²) in [6.07, 6.45) is 0.855. The summed E-state index contributed by atoms with van der Waals surface area (Å²) in [5, 5.41) is 0. The van der Waals surface area contributed by atoms with Crippen LogP contribution in [0.2, 0.25) is 0 Å². The van der Waals surface area contributed by atoms with Crippen molar-refractivity contribution in [1.29, 1.82) is 0 Å². The van der Waals surface area contributed by atoms with Gasteiger partial charge in [0.15, 0.2) is 4.34 Å². The fourth-order valence-corrected chi connectivity index (χ4v) is 3.04. The molecule has 94 valence electrons. The van der Waals surface area contributed by atoms with Gasteiger partial charge in [0.1, 0.15) is 5.82 Å². The number of primary amides is 1. The predicted molar refractivity (Wildman–Crippen MR) is 73.8 cm³/mol. The molecule has 0 fully saturated rings. The minimum Gasteiger partial charge on any atom is -0.366 e. The number of amides is 1. The van der Waals surface area contributed by atoms with Crippen LogP contribution in [0.1, 0.15) is 28.7 Å².